The number of hydrogen-bond acceptors (Lipinski definition) is 8. The lowest BCUT2D eigenvalue weighted by Crippen LogP contribution is -2.44. The number of aromatic nitrogens is 2. The predicted octanol–water partition coefficient (Wildman–Crippen LogP) is 4.47. The molecule has 0 saturated carbocycles. The van der Waals surface area contributed by atoms with Gasteiger partial charge in [-0.1, -0.05) is 18.6 Å². The lowest BCUT2D eigenvalue weighted by molar-refractivity contribution is -0.116. The van der Waals surface area contributed by atoms with Crippen molar-refractivity contribution < 1.29 is 9.53 Å². The average molecular weight is 544 g/mol. The minimum Gasteiger partial charge on any atom is -0.378 e. The summed E-state index contributed by atoms with van der Waals surface area (Å²) in [5.41, 5.74) is 4.72. The van der Waals surface area contributed by atoms with Gasteiger partial charge in [-0.3, -0.25) is 4.79 Å². The minimum absolute atomic E-state index is 0.0699. The van der Waals surface area contributed by atoms with E-state index in [2.05, 4.69) is 49.5 Å². The van der Waals surface area contributed by atoms with Crippen molar-refractivity contribution in [1.82, 2.24) is 19.8 Å². The number of nitrogens with zero attached hydrogens (tertiary/aromatic N) is 5. The van der Waals surface area contributed by atoms with Crippen molar-refractivity contribution in [3.05, 3.63) is 60.8 Å². The SMILES string of the molecule is CN1CCN(CCCCCC(=O)Nc2ccc(-c3ccnc(Nc4ccc(N5CCOCC5)cc4)n3)cc2)CC1. The molecule has 3 aromatic rings. The Labute approximate surface area is 237 Å². The highest BCUT2D eigenvalue weighted by molar-refractivity contribution is 5.90. The molecule has 2 aliphatic heterocycles. The van der Waals surface area contributed by atoms with Crippen LogP contribution in [0.1, 0.15) is 25.7 Å². The lowest BCUT2D eigenvalue weighted by atomic mass is 10.1. The van der Waals surface area contributed by atoms with E-state index in [9.17, 15) is 4.79 Å². The fraction of sp³-hybridized carbons (Fsp3) is 0.452. The monoisotopic (exact) mass is 543 g/mol. The largest absolute Gasteiger partial charge is 0.378 e. The van der Waals surface area contributed by atoms with Gasteiger partial charge in [0, 0.05) is 74.5 Å². The van der Waals surface area contributed by atoms with Gasteiger partial charge in [0.05, 0.1) is 18.9 Å². The van der Waals surface area contributed by atoms with E-state index < -0.39 is 0 Å². The van der Waals surface area contributed by atoms with E-state index in [-0.39, 0.29) is 5.91 Å². The highest BCUT2D eigenvalue weighted by atomic mass is 16.5. The molecule has 2 fully saturated rings. The highest BCUT2D eigenvalue weighted by Crippen LogP contribution is 2.23. The molecule has 5 rings (SSSR count). The number of hydrogen-bond donors (Lipinski definition) is 2. The summed E-state index contributed by atoms with van der Waals surface area (Å²) in [6.45, 7) is 9.12. The number of benzene rings is 2. The van der Waals surface area contributed by atoms with Gasteiger partial charge in [0.15, 0.2) is 0 Å². The van der Waals surface area contributed by atoms with Gasteiger partial charge in [0.25, 0.3) is 0 Å². The second kappa shape index (κ2) is 14.2. The molecule has 212 valence electrons. The third-order valence-corrected chi connectivity index (χ3v) is 7.59. The van der Waals surface area contributed by atoms with Crippen LogP contribution in [-0.2, 0) is 9.53 Å². The topological polar surface area (TPSA) is 85.9 Å². The molecule has 1 aromatic heterocycles. The zero-order valence-electron chi connectivity index (χ0n) is 23.5. The summed E-state index contributed by atoms with van der Waals surface area (Å²) < 4.78 is 5.44. The Morgan fingerprint density at radius 2 is 1.57 bits per heavy atom. The first-order valence-electron chi connectivity index (χ1n) is 14.5. The van der Waals surface area contributed by atoms with Crippen LogP contribution >= 0.6 is 0 Å². The van der Waals surface area contributed by atoms with Crippen molar-refractivity contribution in [2.75, 3.05) is 81.6 Å². The number of carbonyl (C=O) groups excluding carboxylic acids is 1. The average Bonchev–Trinajstić information content (AvgIpc) is 2.99. The number of amides is 1. The van der Waals surface area contributed by atoms with Gasteiger partial charge < -0.3 is 30.1 Å². The molecule has 2 aliphatic rings. The normalized spacial score (nSPS) is 16.6. The Balaban J connectivity index is 1.06. The van der Waals surface area contributed by atoms with E-state index in [1.807, 2.05) is 42.5 Å². The Kier molecular flexibility index (Phi) is 9.95. The summed E-state index contributed by atoms with van der Waals surface area (Å²) >= 11 is 0. The predicted molar refractivity (Wildman–Crippen MR) is 161 cm³/mol. The van der Waals surface area contributed by atoms with Crippen LogP contribution in [0.3, 0.4) is 0 Å². The third kappa shape index (κ3) is 8.24. The maximum absolute atomic E-state index is 12.4. The first-order chi connectivity index (χ1) is 19.6. The molecule has 40 heavy (non-hydrogen) atoms. The van der Waals surface area contributed by atoms with Crippen LogP contribution in [0, 0.1) is 0 Å². The maximum atomic E-state index is 12.4. The van der Waals surface area contributed by atoms with Crippen molar-refractivity contribution in [2.45, 2.75) is 25.7 Å². The first-order valence-corrected chi connectivity index (χ1v) is 14.5. The smallest absolute Gasteiger partial charge is 0.227 e. The zero-order chi connectivity index (χ0) is 27.6. The number of unbranched alkanes of at least 4 members (excludes halogenated alkanes) is 2. The maximum Gasteiger partial charge on any atom is 0.227 e. The van der Waals surface area contributed by atoms with E-state index in [0.29, 0.717) is 12.4 Å². The first kappa shape index (κ1) is 28.0. The van der Waals surface area contributed by atoms with Crippen molar-refractivity contribution >= 4 is 28.9 Å². The van der Waals surface area contributed by atoms with E-state index >= 15 is 0 Å². The molecule has 0 atom stereocenters. The van der Waals surface area contributed by atoms with Crippen LogP contribution < -0.4 is 15.5 Å². The number of likely N-dealkylation sites (N-methyl/N-ethyl adjacent to an activating group) is 1. The fourth-order valence-corrected chi connectivity index (χ4v) is 5.10. The molecule has 2 N–H and O–H groups in total. The molecular formula is C31H41N7O2. The van der Waals surface area contributed by atoms with Crippen LogP contribution in [0.4, 0.5) is 23.0 Å². The number of morpholine rings is 1. The van der Waals surface area contributed by atoms with Gasteiger partial charge in [-0.15, -0.1) is 0 Å². The number of ether oxygens (including phenoxy) is 1. The van der Waals surface area contributed by atoms with Crippen molar-refractivity contribution in [2.24, 2.45) is 0 Å². The third-order valence-electron chi connectivity index (χ3n) is 7.59. The van der Waals surface area contributed by atoms with E-state index in [1.54, 1.807) is 6.20 Å². The Hall–Kier alpha value is -3.53. The Morgan fingerprint density at radius 3 is 2.33 bits per heavy atom. The van der Waals surface area contributed by atoms with Crippen molar-refractivity contribution in [1.29, 1.82) is 0 Å². The standard InChI is InChI=1S/C31H41N7O2/c1-36-17-19-37(20-18-36)16-4-2-3-5-30(39)33-26-8-6-25(7-9-26)29-14-15-32-31(35-29)34-27-10-12-28(13-11-27)38-21-23-40-24-22-38/h6-15H,2-5,16-24H2,1H3,(H,33,39)(H,32,34,35). The fourth-order valence-electron chi connectivity index (χ4n) is 5.10. The molecule has 0 aliphatic carbocycles. The van der Waals surface area contributed by atoms with E-state index in [4.69, 9.17) is 9.72 Å². The number of piperazine rings is 1. The molecule has 0 spiro atoms. The number of carbonyl (C=O) groups is 1. The van der Waals surface area contributed by atoms with Gasteiger partial charge in [-0.2, -0.15) is 0 Å². The second-order valence-electron chi connectivity index (χ2n) is 10.6. The molecule has 0 unspecified atom stereocenters. The summed E-state index contributed by atoms with van der Waals surface area (Å²) in [6, 6.07) is 18.0. The minimum atomic E-state index is 0.0699. The van der Waals surface area contributed by atoms with Crippen LogP contribution in [0.5, 0.6) is 0 Å². The highest BCUT2D eigenvalue weighted by Gasteiger charge is 2.13. The molecule has 9 nitrogen and oxygen atoms in total. The van der Waals surface area contributed by atoms with Crippen LogP contribution in [0.15, 0.2) is 60.8 Å². The molecule has 1 amide bonds. The summed E-state index contributed by atoms with van der Waals surface area (Å²) in [6.07, 6.45) is 5.47. The van der Waals surface area contributed by atoms with Crippen molar-refractivity contribution in [3.8, 4) is 11.3 Å². The van der Waals surface area contributed by atoms with Gasteiger partial charge >= 0.3 is 0 Å². The second-order valence-corrected chi connectivity index (χ2v) is 10.6. The zero-order valence-corrected chi connectivity index (χ0v) is 23.5. The van der Waals surface area contributed by atoms with E-state index in [0.717, 1.165) is 101 Å². The summed E-state index contributed by atoms with van der Waals surface area (Å²) in [5.74, 6) is 0.613. The number of nitrogens with one attached hydrogen (secondary N) is 2. The quantitative estimate of drug-likeness (QED) is 0.343. The summed E-state index contributed by atoms with van der Waals surface area (Å²) in [7, 11) is 2.18. The molecule has 3 heterocycles. The van der Waals surface area contributed by atoms with E-state index in [1.165, 1.54) is 5.69 Å². The number of rotatable bonds is 11. The molecule has 0 bridgehead atoms. The van der Waals surface area contributed by atoms with Gasteiger partial charge in [-0.25, -0.2) is 9.97 Å². The van der Waals surface area contributed by atoms with Gasteiger partial charge in [0.1, 0.15) is 0 Å². The summed E-state index contributed by atoms with van der Waals surface area (Å²) in [4.78, 5) is 28.8. The lowest BCUT2D eigenvalue weighted by Gasteiger charge is -2.32. The molecule has 0 radical (unpaired) electrons. The van der Waals surface area contributed by atoms with Gasteiger partial charge in [0.2, 0.25) is 11.9 Å². The summed E-state index contributed by atoms with van der Waals surface area (Å²) in [5, 5.41) is 6.33. The molecule has 9 heteroatoms. The van der Waals surface area contributed by atoms with Crippen molar-refractivity contribution in [3.63, 3.8) is 0 Å². The van der Waals surface area contributed by atoms with Crippen LogP contribution in [0.25, 0.3) is 11.3 Å². The van der Waals surface area contributed by atoms with Crippen LogP contribution in [-0.4, -0.2) is 91.7 Å². The van der Waals surface area contributed by atoms with Gasteiger partial charge in [-0.05, 0) is 68.9 Å². The number of anilines is 4. The Morgan fingerprint density at radius 1 is 0.850 bits per heavy atom. The molecular weight excluding hydrogens is 502 g/mol. The Bertz CT molecular complexity index is 1210. The van der Waals surface area contributed by atoms with Crippen LogP contribution in [0.2, 0.25) is 0 Å². The molecule has 2 aromatic carbocycles. The molecule has 2 saturated heterocycles.